The maximum atomic E-state index is 12.3. The molecule has 1 aliphatic heterocycles. The van der Waals surface area contributed by atoms with Crippen molar-refractivity contribution in [3.8, 4) is 17.2 Å². The molecule has 2 heterocycles. The molecule has 6 nitrogen and oxygen atoms in total. The van der Waals surface area contributed by atoms with Gasteiger partial charge < -0.3 is 9.15 Å². The van der Waals surface area contributed by atoms with Crippen LogP contribution in [0.2, 0.25) is 0 Å². The fraction of sp³-hybridized carbons (Fsp3) is 0.364. The number of rotatable bonds is 6. The van der Waals surface area contributed by atoms with E-state index >= 15 is 0 Å². The molecular formula is C22H23F3N4O2. The topological polar surface area (TPSA) is 54.6 Å². The zero-order valence-corrected chi connectivity index (χ0v) is 17.1. The van der Waals surface area contributed by atoms with Gasteiger partial charge in [0.2, 0.25) is 11.8 Å². The van der Waals surface area contributed by atoms with Gasteiger partial charge in [-0.3, -0.25) is 9.80 Å². The van der Waals surface area contributed by atoms with E-state index < -0.39 is 6.36 Å². The van der Waals surface area contributed by atoms with E-state index in [0.29, 0.717) is 24.9 Å². The van der Waals surface area contributed by atoms with Crippen LogP contribution in [0.3, 0.4) is 0 Å². The molecule has 4 rings (SSSR count). The molecule has 31 heavy (non-hydrogen) atoms. The van der Waals surface area contributed by atoms with Crippen LogP contribution >= 0.6 is 0 Å². The number of ether oxygens (including phenoxy) is 1. The number of halogens is 3. The van der Waals surface area contributed by atoms with Crippen LogP contribution in [-0.4, -0.2) is 52.5 Å². The van der Waals surface area contributed by atoms with Gasteiger partial charge in [0.25, 0.3) is 0 Å². The van der Waals surface area contributed by atoms with E-state index in [0.717, 1.165) is 37.3 Å². The van der Waals surface area contributed by atoms with Crippen LogP contribution < -0.4 is 4.74 Å². The molecule has 0 spiro atoms. The Hall–Kier alpha value is -2.91. The molecule has 2 aromatic carbocycles. The highest BCUT2D eigenvalue weighted by molar-refractivity contribution is 5.52. The monoisotopic (exact) mass is 432 g/mol. The maximum absolute atomic E-state index is 12.3. The maximum Gasteiger partial charge on any atom is 0.573 e. The highest BCUT2D eigenvalue weighted by atomic mass is 19.4. The second kappa shape index (κ2) is 9.07. The number of aryl methyl sites for hydroxylation is 1. The third kappa shape index (κ3) is 6.05. The van der Waals surface area contributed by atoms with E-state index in [1.165, 1.54) is 17.7 Å². The largest absolute Gasteiger partial charge is 0.573 e. The Kier molecular flexibility index (Phi) is 6.24. The third-order valence-corrected chi connectivity index (χ3v) is 5.15. The summed E-state index contributed by atoms with van der Waals surface area (Å²) >= 11 is 0. The fourth-order valence-corrected chi connectivity index (χ4v) is 3.48. The lowest BCUT2D eigenvalue weighted by Crippen LogP contribution is -2.45. The van der Waals surface area contributed by atoms with Crippen molar-refractivity contribution in [1.29, 1.82) is 0 Å². The molecular weight excluding hydrogens is 409 g/mol. The minimum absolute atomic E-state index is 0.203. The van der Waals surface area contributed by atoms with E-state index in [1.807, 2.05) is 31.2 Å². The highest BCUT2D eigenvalue weighted by Gasteiger charge is 2.31. The van der Waals surface area contributed by atoms with Gasteiger partial charge in [-0.1, -0.05) is 29.8 Å². The molecule has 0 atom stereocenters. The average molecular weight is 432 g/mol. The molecule has 0 amide bonds. The molecule has 3 aromatic rings. The van der Waals surface area contributed by atoms with E-state index in [4.69, 9.17) is 4.42 Å². The summed E-state index contributed by atoms with van der Waals surface area (Å²) in [7, 11) is 0. The van der Waals surface area contributed by atoms with Crippen LogP contribution in [0.15, 0.2) is 52.9 Å². The summed E-state index contributed by atoms with van der Waals surface area (Å²) in [6, 6.07) is 14.0. The minimum atomic E-state index is -4.67. The van der Waals surface area contributed by atoms with E-state index in [-0.39, 0.29) is 5.75 Å². The summed E-state index contributed by atoms with van der Waals surface area (Å²) in [5.41, 5.74) is 3.02. The van der Waals surface area contributed by atoms with E-state index in [9.17, 15) is 13.2 Å². The van der Waals surface area contributed by atoms with E-state index in [2.05, 4.69) is 24.7 Å². The van der Waals surface area contributed by atoms with Crippen LogP contribution in [0.5, 0.6) is 5.75 Å². The van der Waals surface area contributed by atoms with Gasteiger partial charge in [0.05, 0.1) is 6.54 Å². The van der Waals surface area contributed by atoms with E-state index in [1.54, 1.807) is 12.1 Å². The molecule has 1 aromatic heterocycles. The Bertz CT molecular complexity index is 979. The Labute approximate surface area is 178 Å². The van der Waals surface area contributed by atoms with Crippen LogP contribution in [0, 0.1) is 6.92 Å². The van der Waals surface area contributed by atoms with Crippen LogP contribution in [0.4, 0.5) is 13.2 Å². The predicted molar refractivity (Wildman–Crippen MR) is 108 cm³/mol. The molecule has 0 aliphatic carbocycles. The van der Waals surface area contributed by atoms with Crippen LogP contribution in [0.1, 0.15) is 17.0 Å². The van der Waals surface area contributed by atoms with Gasteiger partial charge in [0.15, 0.2) is 0 Å². The number of alkyl halides is 3. The molecule has 0 radical (unpaired) electrons. The first-order valence-corrected chi connectivity index (χ1v) is 10.0. The number of hydrogen-bond acceptors (Lipinski definition) is 6. The van der Waals surface area contributed by atoms with Gasteiger partial charge in [0.1, 0.15) is 5.75 Å². The summed E-state index contributed by atoms with van der Waals surface area (Å²) in [5.74, 6) is 0.904. The first kappa shape index (κ1) is 21.3. The summed E-state index contributed by atoms with van der Waals surface area (Å²) in [6.45, 7) is 6.68. The van der Waals surface area contributed by atoms with Gasteiger partial charge in [-0.15, -0.1) is 23.4 Å². The first-order chi connectivity index (χ1) is 14.8. The lowest BCUT2D eigenvalue weighted by molar-refractivity contribution is -0.274. The number of nitrogens with zero attached hydrogens (tertiary/aromatic N) is 4. The fourth-order valence-electron chi connectivity index (χ4n) is 3.48. The second-order valence-electron chi connectivity index (χ2n) is 7.61. The van der Waals surface area contributed by atoms with Gasteiger partial charge >= 0.3 is 6.36 Å². The predicted octanol–water partition coefficient (Wildman–Crippen LogP) is 4.26. The van der Waals surface area contributed by atoms with Crippen molar-refractivity contribution < 1.29 is 22.3 Å². The molecule has 0 bridgehead atoms. The quantitative estimate of drug-likeness (QED) is 0.580. The van der Waals surface area contributed by atoms with Crippen molar-refractivity contribution >= 4 is 0 Å². The lowest BCUT2D eigenvalue weighted by Gasteiger charge is -2.33. The lowest BCUT2D eigenvalue weighted by atomic mass is 10.1. The Morgan fingerprint density at radius 1 is 0.871 bits per heavy atom. The molecule has 0 saturated carbocycles. The summed E-state index contributed by atoms with van der Waals surface area (Å²) < 4.78 is 46.5. The molecule has 1 aliphatic rings. The van der Waals surface area contributed by atoms with Crippen molar-refractivity contribution in [1.82, 2.24) is 20.0 Å². The number of piperazine rings is 1. The van der Waals surface area contributed by atoms with Gasteiger partial charge in [-0.25, -0.2) is 0 Å². The highest BCUT2D eigenvalue weighted by Crippen LogP contribution is 2.23. The Balaban J connectivity index is 1.25. The van der Waals surface area contributed by atoms with Crippen molar-refractivity contribution in [2.45, 2.75) is 26.4 Å². The van der Waals surface area contributed by atoms with Crippen molar-refractivity contribution in [3.05, 3.63) is 65.5 Å². The average Bonchev–Trinajstić information content (AvgIpc) is 3.19. The summed E-state index contributed by atoms with van der Waals surface area (Å²) in [6.07, 6.45) is -4.67. The Morgan fingerprint density at radius 3 is 2.10 bits per heavy atom. The van der Waals surface area contributed by atoms with Gasteiger partial charge in [-0.2, -0.15) is 0 Å². The van der Waals surface area contributed by atoms with Gasteiger partial charge in [-0.05, 0) is 36.8 Å². The molecule has 1 fully saturated rings. The third-order valence-electron chi connectivity index (χ3n) is 5.15. The van der Waals surface area contributed by atoms with Crippen LogP contribution in [0.25, 0.3) is 11.5 Å². The minimum Gasteiger partial charge on any atom is -0.419 e. The Morgan fingerprint density at radius 2 is 1.48 bits per heavy atom. The SMILES string of the molecule is Cc1ccc(-c2nnc(CN3CCN(Cc4ccc(OC(F)(F)F)cc4)CC3)o2)cc1. The zero-order valence-electron chi connectivity index (χ0n) is 17.1. The molecule has 164 valence electrons. The van der Waals surface area contributed by atoms with Crippen LogP contribution in [-0.2, 0) is 13.1 Å². The number of aromatic nitrogens is 2. The van der Waals surface area contributed by atoms with Crippen molar-refractivity contribution in [3.63, 3.8) is 0 Å². The number of hydrogen-bond donors (Lipinski definition) is 0. The second-order valence-corrected chi connectivity index (χ2v) is 7.61. The van der Waals surface area contributed by atoms with Crippen molar-refractivity contribution in [2.24, 2.45) is 0 Å². The molecule has 0 unspecified atom stereocenters. The molecule has 0 N–H and O–H groups in total. The zero-order chi connectivity index (χ0) is 21.8. The normalized spacial score (nSPS) is 15.9. The standard InChI is InChI=1S/C22H23F3N4O2/c1-16-2-6-18(7-3-16)21-27-26-20(30-21)15-29-12-10-28(11-13-29)14-17-4-8-19(9-5-17)31-22(23,24)25/h2-9H,10-15H2,1H3. The smallest absolute Gasteiger partial charge is 0.419 e. The van der Waals surface area contributed by atoms with Crippen molar-refractivity contribution in [2.75, 3.05) is 26.2 Å². The summed E-state index contributed by atoms with van der Waals surface area (Å²) in [4.78, 5) is 4.52. The molecule has 1 saturated heterocycles. The van der Waals surface area contributed by atoms with Gasteiger partial charge in [0, 0.05) is 38.3 Å². The number of benzene rings is 2. The summed E-state index contributed by atoms with van der Waals surface area (Å²) in [5, 5.41) is 8.31. The molecule has 9 heteroatoms. The first-order valence-electron chi connectivity index (χ1n) is 10.0.